The second kappa shape index (κ2) is 5.77. The van der Waals surface area contributed by atoms with Crippen molar-refractivity contribution < 1.29 is 4.52 Å². The number of nitriles is 1. The van der Waals surface area contributed by atoms with Gasteiger partial charge in [-0.05, 0) is 17.7 Å². The van der Waals surface area contributed by atoms with Crippen molar-refractivity contribution in [1.29, 1.82) is 5.26 Å². The molecule has 5 nitrogen and oxygen atoms in total. The molecule has 0 spiro atoms. The van der Waals surface area contributed by atoms with E-state index in [4.69, 9.17) is 5.26 Å². The highest BCUT2D eigenvalue weighted by molar-refractivity contribution is 5.32. The maximum atomic E-state index is 8.76. The van der Waals surface area contributed by atoms with Crippen molar-refractivity contribution >= 4 is 0 Å². The maximum Gasteiger partial charge on any atom is 0.213 e. The van der Waals surface area contributed by atoms with Crippen LogP contribution in [-0.2, 0) is 13.0 Å². The lowest BCUT2D eigenvalue weighted by Crippen LogP contribution is -2.17. The SMILES string of the molecule is N#Cc1cccc(CNCCc2ncon2)c1. The smallest absolute Gasteiger partial charge is 0.213 e. The Kier molecular flexibility index (Phi) is 3.84. The fourth-order valence-corrected chi connectivity index (χ4v) is 1.49. The van der Waals surface area contributed by atoms with Crippen molar-refractivity contribution in [2.75, 3.05) is 6.54 Å². The predicted molar refractivity (Wildman–Crippen MR) is 60.9 cm³/mol. The molecule has 0 aliphatic rings. The van der Waals surface area contributed by atoms with Crippen LogP contribution < -0.4 is 5.32 Å². The monoisotopic (exact) mass is 228 g/mol. The highest BCUT2D eigenvalue weighted by Crippen LogP contribution is 2.03. The van der Waals surface area contributed by atoms with Gasteiger partial charge in [-0.2, -0.15) is 10.2 Å². The van der Waals surface area contributed by atoms with Crippen molar-refractivity contribution in [3.05, 3.63) is 47.6 Å². The third kappa shape index (κ3) is 3.40. The van der Waals surface area contributed by atoms with Gasteiger partial charge in [0.15, 0.2) is 5.82 Å². The summed E-state index contributed by atoms with van der Waals surface area (Å²) in [7, 11) is 0. The Morgan fingerprint density at radius 1 is 1.41 bits per heavy atom. The van der Waals surface area contributed by atoms with Crippen molar-refractivity contribution in [2.24, 2.45) is 0 Å². The minimum absolute atomic E-state index is 0.683. The minimum atomic E-state index is 0.683. The maximum absolute atomic E-state index is 8.76. The third-order valence-electron chi connectivity index (χ3n) is 2.32. The van der Waals surface area contributed by atoms with Gasteiger partial charge in [0.2, 0.25) is 6.39 Å². The van der Waals surface area contributed by atoms with E-state index in [2.05, 4.69) is 26.0 Å². The molecule has 1 heterocycles. The van der Waals surface area contributed by atoms with Gasteiger partial charge >= 0.3 is 0 Å². The van der Waals surface area contributed by atoms with Crippen LogP contribution in [0.5, 0.6) is 0 Å². The average molecular weight is 228 g/mol. The number of nitrogens with zero attached hydrogens (tertiary/aromatic N) is 3. The van der Waals surface area contributed by atoms with Gasteiger partial charge in [-0.15, -0.1) is 0 Å². The van der Waals surface area contributed by atoms with Gasteiger partial charge in [0, 0.05) is 19.5 Å². The fraction of sp³-hybridized carbons (Fsp3) is 0.250. The molecule has 5 heteroatoms. The zero-order valence-corrected chi connectivity index (χ0v) is 9.26. The van der Waals surface area contributed by atoms with E-state index in [0.717, 1.165) is 25.1 Å². The summed E-state index contributed by atoms with van der Waals surface area (Å²) in [6.07, 6.45) is 2.06. The quantitative estimate of drug-likeness (QED) is 0.780. The van der Waals surface area contributed by atoms with E-state index in [-0.39, 0.29) is 0 Å². The number of hydrogen-bond donors (Lipinski definition) is 1. The number of nitrogens with one attached hydrogen (secondary N) is 1. The molecule has 0 amide bonds. The van der Waals surface area contributed by atoms with Crippen molar-refractivity contribution in [2.45, 2.75) is 13.0 Å². The zero-order chi connectivity index (χ0) is 11.9. The van der Waals surface area contributed by atoms with Gasteiger partial charge < -0.3 is 9.84 Å². The summed E-state index contributed by atoms with van der Waals surface area (Å²) in [6, 6.07) is 9.66. The second-order valence-electron chi connectivity index (χ2n) is 3.59. The molecule has 0 unspecified atom stereocenters. The number of rotatable bonds is 5. The zero-order valence-electron chi connectivity index (χ0n) is 9.26. The van der Waals surface area contributed by atoms with Crippen LogP contribution >= 0.6 is 0 Å². The van der Waals surface area contributed by atoms with Crippen molar-refractivity contribution in [3.63, 3.8) is 0 Å². The molecule has 0 fully saturated rings. The summed E-state index contributed by atoms with van der Waals surface area (Å²) in [4.78, 5) is 3.93. The van der Waals surface area contributed by atoms with Crippen LogP contribution in [0.4, 0.5) is 0 Å². The standard InChI is InChI=1S/C12H12N4O/c13-7-10-2-1-3-11(6-10)8-14-5-4-12-15-9-17-16-12/h1-3,6,9,14H,4-5,8H2. The topological polar surface area (TPSA) is 74.7 Å². The summed E-state index contributed by atoms with van der Waals surface area (Å²) in [6.45, 7) is 1.50. The first kappa shape index (κ1) is 11.3. The molecule has 0 aliphatic heterocycles. The molecule has 0 atom stereocenters. The Hall–Kier alpha value is -2.19. The Morgan fingerprint density at radius 3 is 3.12 bits per heavy atom. The van der Waals surface area contributed by atoms with Gasteiger partial charge in [0.05, 0.1) is 11.6 Å². The molecule has 0 aliphatic carbocycles. The average Bonchev–Trinajstić information content (AvgIpc) is 2.88. The van der Waals surface area contributed by atoms with Crippen LogP contribution in [-0.4, -0.2) is 16.7 Å². The lowest BCUT2D eigenvalue weighted by Gasteiger charge is -2.03. The van der Waals surface area contributed by atoms with Gasteiger partial charge in [-0.1, -0.05) is 17.3 Å². The largest absolute Gasteiger partial charge is 0.343 e. The van der Waals surface area contributed by atoms with E-state index in [0.29, 0.717) is 11.4 Å². The Bertz CT molecular complexity index is 501. The normalized spacial score (nSPS) is 10.1. The summed E-state index contributed by atoms with van der Waals surface area (Å²) >= 11 is 0. The first-order valence-corrected chi connectivity index (χ1v) is 5.33. The summed E-state index contributed by atoms with van der Waals surface area (Å²) in [5.74, 6) is 0.697. The lowest BCUT2D eigenvalue weighted by molar-refractivity contribution is 0.409. The van der Waals surface area contributed by atoms with E-state index >= 15 is 0 Å². The van der Waals surface area contributed by atoms with Crippen LogP contribution in [0, 0.1) is 11.3 Å². The first-order valence-electron chi connectivity index (χ1n) is 5.33. The van der Waals surface area contributed by atoms with Gasteiger partial charge in [0.25, 0.3) is 0 Å². The van der Waals surface area contributed by atoms with Gasteiger partial charge in [-0.25, -0.2) is 0 Å². The van der Waals surface area contributed by atoms with Crippen molar-refractivity contribution in [3.8, 4) is 6.07 Å². The number of aromatic nitrogens is 2. The summed E-state index contributed by atoms with van der Waals surface area (Å²) in [5.41, 5.74) is 1.78. The molecule has 0 radical (unpaired) electrons. The number of hydrogen-bond acceptors (Lipinski definition) is 5. The Morgan fingerprint density at radius 2 is 2.35 bits per heavy atom. The predicted octanol–water partition coefficient (Wildman–Crippen LogP) is 1.27. The molecule has 1 aromatic heterocycles. The van der Waals surface area contributed by atoms with Crippen LogP contribution in [0.15, 0.2) is 35.2 Å². The second-order valence-corrected chi connectivity index (χ2v) is 3.59. The minimum Gasteiger partial charge on any atom is -0.343 e. The molecule has 0 saturated carbocycles. The van der Waals surface area contributed by atoms with Gasteiger partial charge in [0.1, 0.15) is 0 Å². The van der Waals surface area contributed by atoms with Crippen molar-refractivity contribution in [1.82, 2.24) is 15.5 Å². The van der Waals surface area contributed by atoms with E-state index in [1.165, 1.54) is 6.39 Å². The lowest BCUT2D eigenvalue weighted by atomic mass is 10.1. The highest BCUT2D eigenvalue weighted by atomic mass is 16.5. The molecule has 2 rings (SSSR count). The highest BCUT2D eigenvalue weighted by Gasteiger charge is 1.98. The first-order chi connectivity index (χ1) is 8.38. The van der Waals surface area contributed by atoms with E-state index in [1.807, 2.05) is 18.2 Å². The Balaban J connectivity index is 1.76. The molecule has 17 heavy (non-hydrogen) atoms. The summed E-state index contributed by atoms with van der Waals surface area (Å²) < 4.78 is 4.64. The molecular formula is C12H12N4O. The molecule has 86 valence electrons. The van der Waals surface area contributed by atoms with E-state index in [1.54, 1.807) is 6.07 Å². The Labute approximate surface area is 99.1 Å². The molecular weight excluding hydrogens is 216 g/mol. The molecule has 1 aromatic carbocycles. The van der Waals surface area contributed by atoms with Crippen LogP contribution in [0.1, 0.15) is 17.0 Å². The van der Waals surface area contributed by atoms with Crippen LogP contribution in [0.25, 0.3) is 0 Å². The van der Waals surface area contributed by atoms with Crippen LogP contribution in [0.3, 0.4) is 0 Å². The van der Waals surface area contributed by atoms with E-state index in [9.17, 15) is 0 Å². The molecule has 0 bridgehead atoms. The fourth-order valence-electron chi connectivity index (χ4n) is 1.49. The molecule has 1 N–H and O–H groups in total. The van der Waals surface area contributed by atoms with E-state index < -0.39 is 0 Å². The summed E-state index contributed by atoms with van der Waals surface area (Å²) in [5, 5.41) is 15.7. The van der Waals surface area contributed by atoms with Gasteiger partial charge in [-0.3, -0.25) is 0 Å². The molecule has 0 saturated heterocycles. The van der Waals surface area contributed by atoms with Crippen LogP contribution in [0.2, 0.25) is 0 Å². The third-order valence-corrected chi connectivity index (χ3v) is 2.32. The molecule has 2 aromatic rings. The number of benzene rings is 1.